The lowest BCUT2D eigenvalue weighted by atomic mass is 10.1. The smallest absolute Gasteiger partial charge is 0.337 e. The molecule has 10 nitrogen and oxygen atoms in total. The molecule has 2 heterocycles. The second-order valence-corrected chi connectivity index (χ2v) is 7.62. The van der Waals surface area contributed by atoms with Gasteiger partial charge in [0.2, 0.25) is 5.91 Å². The zero-order chi connectivity index (χ0) is 23.5. The van der Waals surface area contributed by atoms with E-state index in [1.807, 2.05) is 30.3 Å². The maximum Gasteiger partial charge on any atom is 0.337 e. The highest BCUT2D eigenvalue weighted by Gasteiger charge is 2.46. The Bertz CT molecular complexity index is 1120. The second-order valence-electron chi connectivity index (χ2n) is 7.62. The number of nitrogens with zero attached hydrogens (tertiary/aromatic N) is 3. The van der Waals surface area contributed by atoms with Crippen LogP contribution in [-0.2, 0) is 20.9 Å². The van der Waals surface area contributed by atoms with Gasteiger partial charge in [-0.15, -0.1) is 0 Å². The number of benzene rings is 2. The van der Waals surface area contributed by atoms with Crippen molar-refractivity contribution < 1.29 is 23.9 Å². The Kier molecular flexibility index (Phi) is 6.09. The topological polar surface area (TPSA) is 111 Å². The number of fused-ring (bicyclic) bond motifs is 1. The molecule has 1 unspecified atom stereocenters. The molecular formula is C23H23N5O5. The zero-order valence-corrected chi connectivity index (χ0v) is 18.1. The fraction of sp³-hybridized carbons (Fsp3) is 0.217. The third kappa shape index (κ3) is 4.55. The number of rotatable bonds is 6. The second kappa shape index (κ2) is 9.13. The van der Waals surface area contributed by atoms with E-state index in [0.717, 1.165) is 10.5 Å². The fourth-order valence-corrected chi connectivity index (χ4v) is 3.72. The number of hydrogen-bond acceptors (Lipinski definition) is 7. The van der Waals surface area contributed by atoms with Gasteiger partial charge in [-0.25, -0.2) is 15.0 Å². The highest BCUT2D eigenvalue weighted by molar-refractivity contribution is 6.05. The Hall–Kier alpha value is -4.18. The molecule has 1 saturated heterocycles. The number of nitrogens with one attached hydrogen (secondary N) is 2. The number of hydrogen-bond donors (Lipinski definition) is 2. The number of amides is 4. The van der Waals surface area contributed by atoms with Crippen LogP contribution in [0.3, 0.4) is 0 Å². The van der Waals surface area contributed by atoms with Gasteiger partial charge in [0.15, 0.2) is 0 Å². The molecule has 10 heteroatoms. The number of esters is 1. The molecule has 2 aliphatic heterocycles. The molecule has 2 aromatic carbocycles. The van der Waals surface area contributed by atoms with Crippen LogP contribution in [0.1, 0.15) is 15.9 Å². The molecule has 2 aliphatic rings. The number of anilines is 1. The molecule has 33 heavy (non-hydrogen) atoms. The van der Waals surface area contributed by atoms with Gasteiger partial charge in [0, 0.05) is 18.9 Å². The molecule has 4 amide bonds. The van der Waals surface area contributed by atoms with Gasteiger partial charge < -0.3 is 15.1 Å². The van der Waals surface area contributed by atoms with E-state index in [0.29, 0.717) is 16.9 Å². The SMILES string of the molecule is COC(=O)c1ccc(NC(=O)CN2C(=O)N(Cc3ccccc3)C(=O)C3NN(C)C=C32)cc1. The van der Waals surface area contributed by atoms with Gasteiger partial charge in [-0.05, 0) is 29.8 Å². The van der Waals surface area contributed by atoms with Crippen LogP contribution in [0, 0.1) is 0 Å². The van der Waals surface area contributed by atoms with Gasteiger partial charge in [0.25, 0.3) is 5.91 Å². The van der Waals surface area contributed by atoms with Crippen molar-refractivity contribution in [3.63, 3.8) is 0 Å². The lowest BCUT2D eigenvalue weighted by Crippen LogP contribution is -2.60. The highest BCUT2D eigenvalue weighted by Crippen LogP contribution is 2.27. The monoisotopic (exact) mass is 449 g/mol. The van der Waals surface area contributed by atoms with Gasteiger partial charge in [-0.1, -0.05) is 30.3 Å². The summed E-state index contributed by atoms with van der Waals surface area (Å²) < 4.78 is 4.66. The molecule has 2 aromatic rings. The van der Waals surface area contributed by atoms with Gasteiger partial charge >= 0.3 is 12.0 Å². The first-order valence-corrected chi connectivity index (χ1v) is 10.2. The molecule has 0 bridgehead atoms. The quantitative estimate of drug-likeness (QED) is 0.644. The van der Waals surface area contributed by atoms with E-state index >= 15 is 0 Å². The van der Waals surface area contributed by atoms with Crippen LogP contribution in [-0.4, -0.2) is 65.4 Å². The lowest BCUT2D eigenvalue weighted by molar-refractivity contribution is -0.133. The molecule has 2 N–H and O–H groups in total. The summed E-state index contributed by atoms with van der Waals surface area (Å²) in [7, 11) is 3.00. The Balaban J connectivity index is 1.51. The van der Waals surface area contributed by atoms with E-state index in [1.54, 1.807) is 30.4 Å². The minimum Gasteiger partial charge on any atom is -0.465 e. The Morgan fingerprint density at radius 1 is 1.03 bits per heavy atom. The summed E-state index contributed by atoms with van der Waals surface area (Å²) >= 11 is 0. The normalized spacial score (nSPS) is 17.6. The van der Waals surface area contributed by atoms with Crippen LogP contribution < -0.4 is 10.7 Å². The number of urea groups is 1. The first kappa shape index (κ1) is 22.0. The number of carbonyl (C=O) groups excluding carboxylic acids is 4. The van der Waals surface area contributed by atoms with Crippen molar-refractivity contribution in [3.8, 4) is 0 Å². The average molecular weight is 449 g/mol. The third-order valence-corrected chi connectivity index (χ3v) is 5.32. The van der Waals surface area contributed by atoms with Crippen molar-refractivity contribution in [2.45, 2.75) is 12.6 Å². The van der Waals surface area contributed by atoms with Gasteiger partial charge in [0.05, 0.1) is 24.9 Å². The third-order valence-electron chi connectivity index (χ3n) is 5.32. The minimum absolute atomic E-state index is 0.0980. The zero-order valence-electron chi connectivity index (χ0n) is 18.1. The van der Waals surface area contributed by atoms with E-state index in [-0.39, 0.29) is 19.0 Å². The van der Waals surface area contributed by atoms with Crippen molar-refractivity contribution >= 4 is 29.5 Å². The van der Waals surface area contributed by atoms with Gasteiger partial charge in [-0.2, -0.15) is 0 Å². The predicted molar refractivity (Wildman–Crippen MR) is 118 cm³/mol. The summed E-state index contributed by atoms with van der Waals surface area (Å²) in [5.41, 5.74) is 5.02. The summed E-state index contributed by atoms with van der Waals surface area (Å²) in [5, 5.41) is 4.30. The van der Waals surface area contributed by atoms with E-state index in [1.165, 1.54) is 24.1 Å². The van der Waals surface area contributed by atoms with Crippen molar-refractivity contribution in [2.75, 3.05) is 26.0 Å². The fourth-order valence-electron chi connectivity index (χ4n) is 3.72. The van der Waals surface area contributed by atoms with Crippen LogP contribution in [0.4, 0.5) is 10.5 Å². The van der Waals surface area contributed by atoms with Crippen molar-refractivity contribution in [1.29, 1.82) is 0 Å². The summed E-state index contributed by atoms with van der Waals surface area (Å²) in [6, 6.07) is 14.0. The molecular weight excluding hydrogens is 426 g/mol. The standard InChI is InChI=1S/C23H23N5O5/c1-26-13-18-20(25-26)21(30)28(12-15-6-4-3-5-7-15)23(32)27(18)14-19(29)24-17-10-8-16(9-11-17)22(31)33-2/h3-11,13,20,25H,12,14H2,1-2H3,(H,24,29). The van der Waals surface area contributed by atoms with Crippen molar-refractivity contribution in [1.82, 2.24) is 20.2 Å². The lowest BCUT2D eigenvalue weighted by Gasteiger charge is -2.37. The van der Waals surface area contributed by atoms with Crippen LogP contribution in [0.15, 0.2) is 66.5 Å². The Morgan fingerprint density at radius 2 is 1.73 bits per heavy atom. The molecule has 170 valence electrons. The molecule has 0 aromatic heterocycles. The van der Waals surface area contributed by atoms with Crippen LogP contribution in [0.2, 0.25) is 0 Å². The van der Waals surface area contributed by atoms with E-state index in [9.17, 15) is 19.2 Å². The number of carbonyl (C=O) groups is 4. The summed E-state index contributed by atoms with van der Waals surface area (Å²) in [6.07, 6.45) is 1.62. The van der Waals surface area contributed by atoms with Gasteiger partial charge in [-0.3, -0.25) is 19.4 Å². The maximum absolute atomic E-state index is 13.2. The number of methoxy groups -OCH3 is 1. The summed E-state index contributed by atoms with van der Waals surface area (Å²) in [5.74, 6) is -1.31. The van der Waals surface area contributed by atoms with Crippen LogP contribution in [0.5, 0.6) is 0 Å². The molecule has 0 saturated carbocycles. The number of ether oxygens (including phenoxy) is 1. The van der Waals surface area contributed by atoms with E-state index < -0.39 is 23.9 Å². The Morgan fingerprint density at radius 3 is 2.39 bits per heavy atom. The average Bonchev–Trinajstić information content (AvgIpc) is 3.22. The van der Waals surface area contributed by atoms with Gasteiger partial charge in [0.1, 0.15) is 12.6 Å². The molecule has 0 aliphatic carbocycles. The van der Waals surface area contributed by atoms with Crippen molar-refractivity contribution in [3.05, 3.63) is 77.6 Å². The van der Waals surface area contributed by atoms with Crippen LogP contribution in [0.25, 0.3) is 0 Å². The molecule has 0 radical (unpaired) electrons. The molecule has 0 spiro atoms. The van der Waals surface area contributed by atoms with E-state index in [2.05, 4.69) is 15.5 Å². The Labute approximate surface area is 190 Å². The minimum atomic E-state index is -0.761. The highest BCUT2D eigenvalue weighted by atomic mass is 16.5. The number of hydrazine groups is 1. The first-order valence-electron chi connectivity index (χ1n) is 10.2. The molecule has 1 fully saturated rings. The molecule has 4 rings (SSSR count). The molecule has 1 atom stereocenters. The first-order chi connectivity index (χ1) is 15.9. The summed E-state index contributed by atoms with van der Waals surface area (Å²) in [4.78, 5) is 53.0. The number of imide groups is 1. The van der Waals surface area contributed by atoms with Crippen LogP contribution >= 0.6 is 0 Å². The van der Waals surface area contributed by atoms with Crippen molar-refractivity contribution in [2.24, 2.45) is 0 Å². The summed E-state index contributed by atoms with van der Waals surface area (Å²) in [6.45, 7) is -0.186. The largest absolute Gasteiger partial charge is 0.465 e. The maximum atomic E-state index is 13.2. The van der Waals surface area contributed by atoms with E-state index in [4.69, 9.17) is 0 Å². The predicted octanol–water partition coefficient (Wildman–Crippen LogP) is 1.54.